The maximum absolute atomic E-state index is 13.0. The summed E-state index contributed by atoms with van der Waals surface area (Å²) in [6, 6.07) is 6.35. The molecule has 1 fully saturated rings. The minimum atomic E-state index is -0.968. The van der Waals surface area contributed by atoms with E-state index in [0.29, 0.717) is 22.5 Å². The van der Waals surface area contributed by atoms with Gasteiger partial charge in [-0.05, 0) is 38.1 Å². The average Bonchev–Trinajstić information content (AvgIpc) is 3.25. The second-order valence-corrected chi connectivity index (χ2v) is 6.36. The van der Waals surface area contributed by atoms with Crippen LogP contribution in [0.25, 0.3) is 0 Å². The molecule has 8 heteroatoms. The smallest absolute Gasteiger partial charge is 0.278 e. The third-order valence-electron chi connectivity index (χ3n) is 4.86. The summed E-state index contributed by atoms with van der Waals surface area (Å²) in [5.41, 5.74) is 2.86. The van der Waals surface area contributed by atoms with Crippen molar-refractivity contribution < 1.29 is 19.2 Å². The van der Waals surface area contributed by atoms with Crippen LogP contribution in [0.3, 0.4) is 0 Å². The Labute approximate surface area is 149 Å². The second-order valence-electron chi connectivity index (χ2n) is 6.36. The van der Waals surface area contributed by atoms with E-state index >= 15 is 0 Å². The molecule has 1 aromatic carbocycles. The van der Waals surface area contributed by atoms with E-state index in [0.717, 1.165) is 10.6 Å². The summed E-state index contributed by atoms with van der Waals surface area (Å²) in [5.74, 6) is -1.74. The van der Waals surface area contributed by atoms with Gasteiger partial charge in [-0.15, -0.1) is 0 Å². The zero-order valence-corrected chi connectivity index (χ0v) is 14.5. The number of hydrogen-bond donors (Lipinski definition) is 0. The van der Waals surface area contributed by atoms with Gasteiger partial charge in [-0.1, -0.05) is 5.16 Å². The number of benzene rings is 1. The molecule has 0 unspecified atom stereocenters. The first-order valence-corrected chi connectivity index (χ1v) is 8.11. The highest BCUT2D eigenvalue weighted by atomic mass is 16.6. The molecule has 2 amide bonds. The molecule has 0 saturated carbocycles. The maximum Gasteiger partial charge on any atom is 0.278 e. The normalized spacial score (nSPS) is 21.7. The lowest BCUT2D eigenvalue weighted by molar-refractivity contribution is -0.126. The lowest BCUT2D eigenvalue weighted by Crippen LogP contribution is -2.33. The highest BCUT2D eigenvalue weighted by Crippen LogP contribution is 2.35. The van der Waals surface area contributed by atoms with Crippen LogP contribution in [0.5, 0.6) is 0 Å². The minimum absolute atomic E-state index is 0.0858. The van der Waals surface area contributed by atoms with Crippen LogP contribution < -0.4 is 4.90 Å². The van der Waals surface area contributed by atoms with Crippen LogP contribution in [-0.2, 0) is 21.5 Å². The summed E-state index contributed by atoms with van der Waals surface area (Å²) < 4.78 is 1.67. The third kappa shape index (κ3) is 2.18. The van der Waals surface area contributed by atoms with Crippen LogP contribution in [0.15, 0.2) is 35.6 Å². The molecule has 2 aliphatic rings. The number of carbonyl (C=O) groups excluding carboxylic acids is 3. The second kappa shape index (κ2) is 5.62. The number of oxime groups is 1. The molecule has 0 bridgehead atoms. The molecule has 0 spiro atoms. The predicted molar refractivity (Wildman–Crippen MR) is 91.8 cm³/mol. The van der Waals surface area contributed by atoms with Crippen LogP contribution >= 0.6 is 0 Å². The fourth-order valence-electron chi connectivity index (χ4n) is 3.25. The minimum Gasteiger partial charge on any atom is -0.381 e. The number of nitrogens with zero attached hydrogens (tertiary/aromatic N) is 4. The quantitative estimate of drug-likeness (QED) is 0.612. The summed E-state index contributed by atoms with van der Waals surface area (Å²) in [5, 5.41) is 8.14. The van der Waals surface area contributed by atoms with Crippen molar-refractivity contribution in [2.24, 2.45) is 18.1 Å². The summed E-state index contributed by atoms with van der Waals surface area (Å²) >= 11 is 0. The van der Waals surface area contributed by atoms with Crippen molar-refractivity contribution in [1.29, 1.82) is 0 Å². The number of ketones is 1. The van der Waals surface area contributed by atoms with E-state index in [1.54, 1.807) is 42.2 Å². The van der Waals surface area contributed by atoms with Crippen LogP contribution in [0.4, 0.5) is 5.69 Å². The highest BCUT2D eigenvalue weighted by molar-refractivity contribution is 6.32. The first kappa shape index (κ1) is 16.2. The van der Waals surface area contributed by atoms with Gasteiger partial charge >= 0.3 is 0 Å². The number of fused-ring (bicyclic) bond motifs is 1. The van der Waals surface area contributed by atoms with Crippen molar-refractivity contribution in [3.8, 4) is 0 Å². The van der Waals surface area contributed by atoms with Gasteiger partial charge in [-0.2, -0.15) is 5.10 Å². The van der Waals surface area contributed by atoms with E-state index in [2.05, 4.69) is 10.3 Å². The average molecular weight is 352 g/mol. The molecule has 0 N–H and O–H groups in total. The van der Waals surface area contributed by atoms with E-state index in [-0.39, 0.29) is 5.78 Å². The monoisotopic (exact) mass is 352 g/mol. The fraction of sp³-hybridized carbons (Fsp3) is 0.278. The van der Waals surface area contributed by atoms with E-state index in [4.69, 9.17) is 4.84 Å². The number of aryl methyl sites for hydroxylation is 1. The van der Waals surface area contributed by atoms with Gasteiger partial charge in [0.2, 0.25) is 12.0 Å². The number of anilines is 1. The van der Waals surface area contributed by atoms with Gasteiger partial charge in [0.15, 0.2) is 5.78 Å². The van der Waals surface area contributed by atoms with E-state index in [9.17, 15) is 14.4 Å². The van der Waals surface area contributed by atoms with Crippen molar-refractivity contribution in [3.63, 3.8) is 0 Å². The van der Waals surface area contributed by atoms with E-state index < -0.39 is 23.8 Å². The molecule has 2 aromatic rings. The lowest BCUT2D eigenvalue weighted by Gasteiger charge is -2.15. The molecular formula is C18H16N4O4. The van der Waals surface area contributed by atoms with Crippen molar-refractivity contribution in [2.75, 3.05) is 4.90 Å². The largest absolute Gasteiger partial charge is 0.381 e. The fourth-order valence-corrected chi connectivity index (χ4v) is 3.25. The SMILES string of the molecule is CC(=O)c1ccc(N2C(=O)[C@@H]3C(c4cnn(C)c4C)=NO[C@H]3C2=O)cc1. The molecule has 3 heterocycles. The van der Waals surface area contributed by atoms with Gasteiger partial charge in [0.05, 0.1) is 11.9 Å². The Bertz CT molecular complexity index is 974. The number of Topliss-reactive ketones (excluding diaryl/α,β-unsaturated/α-hetero) is 1. The predicted octanol–water partition coefficient (Wildman–Crippen LogP) is 1.22. The number of amides is 2. The lowest BCUT2D eigenvalue weighted by atomic mass is 9.94. The number of aromatic nitrogens is 2. The third-order valence-corrected chi connectivity index (χ3v) is 4.86. The number of hydrogen-bond acceptors (Lipinski definition) is 6. The highest BCUT2D eigenvalue weighted by Gasteiger charge is 2.56. The molecule has 8 nitrogen and oxygen atoms in total. The molecule has 4 rings (SSSR count). The van der Waals surface area contributed by atoms with Crippen LogP contribution in [0.1, 0.15) is 28.5 Å². The van der Waals surface area contributed by atoms with Gasteiger partial charge in [-0.25, -0.2) is 4.90 Å². The summed E-state index contributed by atoms with van der Waals surface area (Å²) in [6.07, 6.45) is 0.645. The molecule has 26 heavy (non-hydrogen) atoms. The molecule has 132 valence electrons. The van der Waals surface area contributed by atoms with Gasteiger partial charge in [0, 0.05) is 23.9 Å². The molecule has 2 aliphatic heterocycles. The summed E-state index contributed by atoms with van der Waals surface area (Å²) in [6.45, 7) is 3.32. The molecule has 1 aromatic heterocycles. The topological polar surface area (TPSA) is 93.9 Å². The Hall–Kier alpha value is -3.29. The van der Waals surface area contributed by atoms with Crippen molar-refractivity contribution in [2.45, 2.75) is 20.0 Å². The molecular weight excluding hydrogens is 336 g/mol. The molecule has 2 atom stereocenters. The summed E-state index contributed by atoms with van der Waals surface area (Å²) in [7, 11) is 1.79. The Morgan fingerprint density at radius 2 is 1.85 bits per heavy atom. The van der Waals surface area contributed by atoms with Crippen molar-refractivity contribution >= 4 is 29.0 Å². The molecule has 0 aliphatic carbocycles. The Balaban J connectivity index is 1.69. The molecule has 0 radical (unpaired) electrons. The Morgan fingerprint density at radius 1 is 1.15 bits per heavy atom. The van der Waals surface area contributed by atoms with E-state index in [1.807, 2.05) is 6.92 Å². The maximum atomic E-state index is 13.0. The van der Waals surface area contributed by atoms with Gasteiger partial charge in [0.1, 0.15) is 11.6 Å². The Kier molecular flexibility index (Phi) is 3.50. The van der Waals surface area contributed by atoms with Gasteiger partial charge in [0.25, 0.3) is 5.91 Å². The molecule has 1 saturated heterocycles. The first-order chi connectivity index (χ1) is 12.4. The van der Waals surface area contributed by atoms with E-state index in [1.165, 1.54) is 6.92 Å². The zero-order chi connectivity index (χ0) is 18.6. The van der Waals surface area contributed by atoms with Crippen molar-refractivity contribution in [1.82, 2.24) is 9.78 Å². The van der Waals surface area contributed by atoms with Crippen LogP contribution in [0, 0.1) is 12.8 Å². The number of imide groups is 1. The Morgan fingerprint density at radius 3 is 2.42 bits per heavy atom. The van der Waals surface area contributed by atoms with Gasteiger partial charge in [-0.3, -0.25) is 19.1 Å². The number of rotatable bonds is 3. The summed E-state index contributed by atoms with van der Waals surface area (Å²) in [4.78, 5) is 43.5. The van der Waals surface area contributed by atoms with Crippen LogP contribution in [-0.4, -0.2) is 39.2 Å². The standard InChI is InChI=1S/C18H16N4O4/c1-9-13(8-19-21(9)3)15-14-16(26-20-15)18(25)22(17(14)24)12-6-4-11(5-7-12)10(2)23/h4-8,14,16H,1-3H3/t14-,16-/m1/s1. The van der Waals surface area contributed by atoms with Crippen LogP contribution in [0.2, 0.25) is 0 Å². The first-order valence-electron chi connectivity index (χ1n) is 8.11. The zero-order valence-electron chi connectivity index (χ0n) is 14.5. The van der Waals surface area contributed by atoms with Crippen molar-refractivity contribution in [3.05, 3.63) is 47.3 Å². The number of carbonyl (C=O) groups is 3. The van der Waals surface area contributed by atoms with Gasteiger partial charge < -0.3 is 4.84 Å².